The number of nitrogens with one attached hydrogen (secondary N) is 2. The molecule has 0 aromatic rings. The monoisotopic (exact) mass is 188 g/mol. The Bertz CT molecular complexity index is 163. The van der Waals surface area contributed by atoms with Crippen molar-refractivity contribution in [3.63, 3.8) is 0 Å². The molecule has 0 spiro atoms. The minimum atomic E-state index is 0.372. The lowest BCUT2D eigenvalue weighted by Crippen LogP contribution is -2.37. The summed E-state index contributed by atoms with van der Waals surface area (Å²) in [6.07, 6.45) is 1.51. The quantitative estimate of drug-likeness (QED) is 0.619. The first-order valence-electron chi connectivity index (χ1n) is 4.31. The molecule has 1 rings (SSSR count). The zero-order valence-electron chi connectivity index (χ0n) is 7.59. The molecule has 0 saturated carbocycles. The van der Waals surface area contributed by atoms with E-state index in [1.165, 1.54) is 0 Å². The maximum atomic E-state index is 5.43. The van der Waals surface area contributed by atoms with Gasteiger partial charge in [0.25, 0.3) is 0 Å². The van der Waals surface area contributed by atoms with Crippen LogP contribution in [0.5, 0.6) is 0 Å². The Morgan fingerprint density at radius 2 is 2.42 bits per heavy atom. The van der Waals surface area contributed by atoms with Crippen LogP contribution in [0, 0.1) is 5.92 Å². The Labute approximate surface area is 78.9 Å². The highest BCUT2D eigenvalue weighted by atomic mass is 32.1. The largest absolute Gasteiger partial charge is 0.378 e. The minimum Gasteiger partial charge on any atom is -0.378 e. The van der Waals surface area contributed by atoms with Crippen molar-refractivity contribution in [1.29, 1.82) is 0 Å². The van der Waals surface area contributed by atoms with Gasteiger partial charge >= 0.3 is 0 Å². The van der Waals surface area contributed by atoms with Gasteiger partial charge in [-0.2, -0.15) is 0 Å². The van der Waals surface area contributed by atoms with Crippen LogP contribution in [0.15, 0.2) is 0 Å². The van der Waals surface area contributed by atoms with Gasteiger partial charge < -0.3 is 15.4 Å². The highest BCUT2D eigenvalue weighted by Gasteiger charge is 2.23. The molecule has 0 amide bonds. The van der Waals surface area contributed by atoms with Crippen molar-refractivity contribution in [3.05, 3.63) is 0 Å². The Kier molecular flexibility index (Phi) is 3.75. The van der Waals surface area contributed by atoms with E-state index in [1.54, 1.807) is 0 Å². The molecule has 1 saturated heterocycles. The highest BCUT2D eigenvalue weighted by Crippen LogP contribution is 2.18. The molecule has 0 aromatic carbocycles. The second kappa shape index (κ2) is 4.62. The van der Waals surface area contributed by atoms with Gasteiger partial charge in [0, 0.05) is 26.1 Å². The zero-order valence-corrected chi connectivity index (χ0v) is 8.41. The van der Waals surface area contributed by atoms with Gasteiger partial charge in [-0.25, -0.2) is 0 Å². The molecule has 2 atom stereocenters. The predicted molar refractivity (Wildman–Crippen MR) is 53.2 cm³/mol. The normalized spacial score (nSPS) is 28.5. The van der Waals surface area contributed by atoms with Gasteiger partial charge in [-0.15, -0.1) is 0 Å². The maximum absolute atomic E-state index is 5.43. The van der Waals surface area contributed by atoms with Crippen molar-refractivity contribution in [2.45, 2.75) is 19.4 Å². The van der Waals surface area contributed by atoms with E-state index >= 15 is 0 Å². The Balaban J connectivity index is 2.18. The summed E-state index contributed by atoms with van der Waals surface area (Å²) < 4.78 is 5.43. The average Bonchev–Trinajstić information content (AvgIpc) is 2.47. The number of hydrogen-bond acceptors (Lipinski definition) is 2. The molecule has 1 aliphatic rings. The molecule has 1 aliphatic heterocycles. The Morgan fingerprint density at radius 3 is 2.92 bits per heavy atom. The SMILES string of the molecule is CNC(=S)NCC1CCOC1C. The summed E-state index contributed by atoms with van der Waals surface area (Å²) in [6, 6.07) is 0. The van der Waals surface area contributed by atoms with Crippen LogP contribution in [-0.4, -0.2) is 31.4 Å². The molecular weight excluding hydrogens is 172 g/mol. The molecule has 4 heteroatoms. The topological polar surface area (TPSA) is 33.3 Å². The van der Waals surface area contributed by atoms with Gasteiger partial charge in [0.2, 0.25) is 0 Å². The third kappa shape index (κ3) is 2.60. The van der Waals surface area contributed by atoms with Crippen LogP contribution >= 0.6 is 12.2 Å². The lowest BCUT2D eigenvalue weighted by atomic mass is 10.0. The third-order valence-electron chi connectivity index (χ3n) is 2.29. The molecule has 0 aliphatic carbocycles. The summed E-state index contributed by atoms with van der Waals surface area (Å²) in [5.74, 6) is 0.608. The molecule has 0 bridgehead atoms. The second-order valence-corrected chi connectivity index (χ2v) is 3.49. The van der Waals surface area contributed by atoms with Gasteiger partial charge in [0.05, 0.1) is 6.10 Å². The summed E-state index contributed by atoms with van der Waals surface area (Å²) >= 11 is 4.97. The zero-order chi connectivity index (χ0) is 8.97. The van der Waals surface area contributed by atoms with Crippen molar-refractivity contribution >= 4 is 17.3 Å². The smallest absolute Gasteiger partial charge is 0.166 e. The molecule has 12 heavy (non-hydrogen) atoms. The standard InChI is InChI=1S/C8H16N2OS/c1-6-7(3-4-11-6)5-10-8(12)9-2/h6-7H,3-5H2,1-2H3,(H2,9,10,12). The van der Waals surface area contributed by atoms with Crippen LogP contribution in [0.25, 0.3) is 0 Å². The first kappa shape index (κ1) is 9.74. The minimum absolute atomic E-state index is 0.372. The number of thiocarbonyl (C=S) groups is 1. The first-order chi connectivity index (χ1) is 5.74. The van der Waals surface area contributed by atoms with Gasteiger partial charge in [-0.3, -0.25) is 0 Å². The molecule has 3 nitrogen and oxygen atoms in total. The van der Waals surface area contributed by atoms with Gasteiger partial charge in [-0.05, 0) is 25.6 Å². The van der Waals surface area contributed by atoms with Crippen LogP contribution in [0.4, 0.5) is 0 Å². The Morgan fingerprint density at radius 1 is 1.67 bits per heavy atom. The van der Waals surface area contributed by atoms with Crippen molar-refractivity contribution in [1.82, 2.24) is 10.6 Å². The molecule has 1 heterocycles. The number of ether oxygens (including phenoxy) is 1. The number of hydrogen-bond donors (Lipinski definition) is 2. The Hall–Kier alpha value is -0.350. The van der Waals surface area contributed by atoms with E-state index in [0.29, 0.717) is 17.1 Å². The first-order valence-corrected chi connectivity index (χ1v) is 4.72. The third-order valence-corrected chi connectivity index (χ3v) is 2.63. The maximum Gasteiger partial charge on any atom is 0.166 e. The van der Waals surface area contributed by atoms with Gasteiger partial charge in [0.1, 0.15) is 0 Å². The van der Waals surface area contributed by atoms with E-state index < -0.39 is 0 Å². The fraction of sp³-hybridized carbons (Fsp3) is 0.875. The molecule has 0 aromatic heterocycles. The summed E-state index contributed by atoms with van der Waals surface area (Å²) in [4.78, 5) is 0. The summed E-state index contributed by atoms with van der Waals surface area (Å²) in [7, 11) is 1.82. The molecule has 1 fully saturated rings. The van der Waals surface area contributed by atoms with Crippen molar-refractivity contribution in [2.75, 3.05) is 20.2 Å². The van der Waals surface area contributed by atoms with E-state index in [4.69, 9.17) is 17.0 Å². The molecular formula is C8H16N2OS. The summed E-state index contributed by atoms with van der Waals surface area (Å²) in [5, 5.41) is 6.75. The van der Waals surface area contributed by atoms with Crippen LogP contribution in [-0.2, 0) is 4.74 Å². The lowest BCUT2D eigenvalue weighted by molar-refractivity contribution is 0.106. The van der Waals surface area contributed by atoms with Gasteiger partial charge in [0.15, 0.2) is 5.11 Å². The summed E-state index contributed by atoms with van der Waals surface area (Å²) in [6.45, 7) is 3.92. The average molecular weight is 188 g/mol. The fourth-order valence-corrected chi connectivity index (χ4v) is 1.44. The van der Waals surface area contributed by atoms with Crippen molar-refractivity contribution in [2.24, 2.45) is 5.92 Å². The van der Waals surface area contributed by atoms with Crippen LogP contribution in [0.1, 0.15) is 13.3 Å². The highest BCUT2D eigenvalue weighted by molar-refractivity contribution is 7.80. The van der Waals surface area contributed by atoms with Crippen LogP contribution < -0.4 is 10.6 Å². The fourth-order valence-electron chi connectivity index (χ4n) is 1.36. The van der Waals surface area contributed by atoms with Crippen LogP contribution in [0.2, 0.25) is 0 Å². The van der Waals surface area contributed by atoms with E-state index in [9.17, 15) is 0 Å². The van der Waals surface area contributed by atoms with Crippen molar-refractivity contribution in [3.8, 4) is 0 Å². The predicted octanol–water partition coefficient (Wildman–Crippen LogP) is 0.505. The van der Waals surface area contributed by atoms with E-state index in [-0.39, 0.29) is 0 Å². The lowest BCUT2D eigenvalue weighted by Gasteiger charge is -2.15. The molecule has 0 radical (unpaired) electrons. The molecule has 2 unspecified atom stereocenters. The van der Waals surface area contributed by atoms with E-state index in [2.05, 4.69) is 17.6 Å². The number of rotatable bonds is 2. The van der Waals surface area contributed by atoms with E-state index in [1.807, 2.05) is 7.05 Å². The van der Waals surface area contributed by atoms with Crippen LogP contribution in [0.3, 0.4) is 0 Å². The molecule has 2 N–H and O–H groups in total. The van der Waals surface area contributed by atoms with Crippen molar-refractivity contribution < 1.29 is 4.74 Å². The molecule has 70 valence electrons. The van der Waals surface area contributed by atoms with E-state index in [0.717, 1.165) is 19.6 Å². The second-order valence-electron chi connectivity index (χ2n) is 3.08. The van der Waals surface area contributed by atoms with Gasteiger partial charge in [-0.1, -0.05) is 0 Å². The summed E-state index contributed by atoms with van der Waals surface area (Å²) in [5.41, 5.74) is 0.